The van der Waals surface area contributed by atoms with Crippen molar-refractivity contribution in [1.82, 2.24) is 0 Å². The van der Waals surface area contributed by atoms with Gasteiger partial charge >= 0.3 is 17.9 Å². The molecule has 396 valence electrons. The highest BCUT2D eigenvalue weighted by Gasteiger charge is 2.19. The summed E-state index contributed by atoms with van der Waals surface area (Å²) in [7, 11) is 0. The summed E-state index contributed by atoms with van der Waals surface area (Å²) in [6, 6.07) is 0. The summed E-state index contributed by atoms with van der Waals surface area (Å²) in [5.41, 5.74) is 0. The standard InChI is InChI=1S/C63H108O6/c1-4-7-10-13-16-19-22-25-27-29-31-33-35-38-41-44-47-50-53-56-62(65)68-59-60(58-67-61(64)55-52-49-46-43-40-37-24-21-18-15-12-9-6-3)69-63(66)57-54-51-48-45-42-39-36-34-32-30-28-26-23-20-17-14-11-8-5-2/h7,10,16-17,19-20,23,25-27,31,33,38,41,60H,4-6,8-9,11-15,18,21-22,24,28-30,32,34-37,39-40,42-59H2,1-3H3/b10-7-,19-16-,20-17-,26-23-,27-25-,33-31-,41-38-. The Labute approximate surface area is 426 Å². The van der Waals surface area contributed by atoms with Gasteiger partial charge < -0.3 is 14.2 Å². The van der Waals surface area contributed by atoms with E-state index in [4.69, 9.17) is 14.2 Å². The molecule has 6 heteroatoms. The normalized spacial score (nSPS) is 12.7. The minimum Gasteiger partial charge on any atom is -0.462 e. The van der Waals surface area contributed by atoms with E-state index in [1.165, 1.54) is 141 Å². The average molecular weight is 962 g/mol. The van der Waals surface area contributed by atoms with Crippen molar-refractivity contribution >= 4 is 17.9 Å². The van der Waals surface area contributed by atoms with Crippen molar-refractivity contribution in [3.8, 4) is 0 Å². The van der Waals surface area contributed by atoms with Crippen molar-refractivity contribution in [2.24, 2.45) is 0 Å². The molecule has 0 aliphatic rings. The van der Waals surface area contributed by atoms with E-state index in [1.54, 1.807) is 0 Å². The van der Waals surface area contributed by atoms with Gasteiger partial charge in [-0.25, -0.2) is 0 Å². The largest absolute Gasteiger partial charge is 0.462 e. The van der Waals surface area contributed by atoms with Crippen LogP contribution in [-0.4, -0.2) is 37.2 Å². The molecule has 0 spiro atoms. The van der Waals surface area contributed by atoms with Gasteiger partial charge in [0.25, 0.3) is 0 Å². The molecule has 0 saturated carbocycles. The molecule has 0 N–H and O–H groups in total. The van der Waals surface area contributed by atoms with Crippen LogP contribution in [0.2, 0.25) is 0 Å². The molecule has 1 unspecified atom stereocenters. The highest BCUT2D eigenvalue weighted by molar-refractivity contribution is 5.71. The summed E-state index contributed by atoms with van der Waals surface area (Å²) in [5.74, 6) is -0.916. The van der Waals surface area contributed by atoms with Crippen LogP contribution in [0.15, 0.2) is 85.1 Å². The molecule has 0 heterocycles. The third-order valence-corrected chi connectivity index (χ3v) is 12.4. The summed E-state index contributed by atoms with van der Waals surface area (Å²) >= 11 is 0. The molecule has 1 atom stereocenters. The van der Waals surface area contributed by atoms with E-state index in [0.717, 1.165) is 96.3 Å². The van der Waals surface area contributed by atoms with E-state index >= 15 is 0 Å². The minimum absolute atomic E-state index is 0.0865. The van der Waals surface area contributed by atoms with E-state index in [0.29, 0.717) is 19.3 Å². The lowest BCUT2D eigenvalue weighted by Gasteiger charge is -2.18. The van der Waals surface area contributed by atoms with Crippen LogP contribution in [0.25, 0.3) is 0 Å². The average Bonchev–Trinajstić information content (AvgIpc) is 3.35. The third-order valence-electron chi connectivity index (χ3n) is 12.4. The van der Waals surface area contributed by atoms with Crippen molar-refractivity contribution in [1.29, 1.82) is 0 Å². The first kappa shape index (κ1) is 65.6. The highest BCUT2D eigenvalue weighted by atomic mass is 16.6. The lowest BCUT2D eigenvalue weighted by molar-refractivity contribution is -0.167. The van der Waals surface area contributed by atoms with E-state index in [2.05, 4.69) is 106 Å². The maximum Gasteiger partial charge on any atom is 0.306 e. The fraction of sp³-hybridized carbons (Fsp3) is 0.730. The molecule has 0 aliphatic carbocycles. The van der Waals surface area contributed by atoms with Crippen LogP contribution in [0.5, 0.6) is 0 Å². The Bertz CT molecular complexity index is 1330. The quantitative estimate of drug-likeness (QED) is 0.0199. The predicted octanol–water partition coefficient (Wildman–Crippen LogP) is 19.5. The number of carbonyl (C=O) groups is 3. The zero-order valence-corrected chi connectivity index (χ0v) is 45.3. The Hall–Kier alpha value is -3.41. The zero-order valence-electron chi connectivity index (χ0n) is 45.3. The van der Waals surface area contributed by atoms with E-state index in [-0.39, 0.29) is 31.1 Å². The molecule has 0 rings (SSSR count). The van der Waals surface area contributed by atoms with Gasteiger partial charge in [-0.05, 0) is 89.9 Å². The Balaban J connectivity index is 4.42. The van der Waals surface area contributed by atoms with E-state index in [9.17, 15) is 14.4 Å². The molecule has 0 aliphatic heterocycles. The SMILES string of the molecule is CC/C=C\C/C=C\C/C=C\C/C=C\C/C=C\CCCCCC(=O)OCC(COC(=O)CCCCCCCCCCCCCCC)OC(=O)CCCCCCCCCCCC/C=C\C=C/CCCCC. The monoisotopic (exact) mass is 961 g/mol. The molecule has 0 bridgehead atoms. The molecule has 0 aromatic carbocycles. The van der Waals surface area contributed by atoms with Gasteiger partial charge in [-0.2, -0.15) is 0 Å². The lowest BCUT2D eigenvalue weighted by Crippen LogP contribution is -2.30. The molecule has 6 nitrogen and oxygen atoms in total. The second-order valence-electron chi connectivity index (χ2n) is 19.2. The topological polar surface area (TPSA) is 78.9 Å². The van der Waals surface area contributed by atoms with Gasteiger partial charge in [-0.1, -0.05) is 254 Å². The van der Waals surface area contributed by atoms with Gasteiger partial charge in [0.05, 0.1) is 0 Å². The number of hydrogen-bond acceptors (Lipinski definition) is 6. The maximum absolute atomic E-state index is 12.9. The van der Waals surface area contributed by atoms with Crippen molar-refractivity contribution in [2.75, 3.05) is 13.2 Å². The van der Waals surface area contributed by atoms with E-state index < -0.39 is 6.10 Å². The molecule has 0 fully saturated rings. The first-order valence-electron chi connectivity index (χ1n) is 29.1. The molecule has 0 amide bonds. The van der Waals surface area contributed by atoms with Crippen LogP contribution in [0.1, 0.15) is 278 Å². The predicted molar refractivity (Wildman–Crippen MR) is 297 cm³/mol. The number of esters is 3. The minimum atomic E-state index is -0.791. The lowest BCUT2D eigenvalue weighted by atomic mass is 10.0. The summed E-state index contributed by atoms with van der Waals surface area (Å²) in [6.45, 7) is 6.48. The van der Waals surface area contributed by atoms with Crippen LogP contribution in [0, 0.1) is 0 Å². The Morgan fingerprint density at radius 1 is 0.319 bits per heavy atom. The number of hydrogen-bond donors (Lipinski definition) is 0. The van der Waals surface area contributed by atoms with Crippen molar-refractivity contribution in [3.05, 3.63) is 85.1 Å². The van der Waals surface area contributed by atoms with Gasteiger partial charge in [-0.3, -0.25) is 14.4 Å². The Morgan fingerprint density at radius 3 is 1.01 bits per heavy atom. The molecular weight excluding hydrogens is 853 g/mol. The molecule has 0 radical (unpaired) electrons. The smallest absolute Gasteiger partial charge is 0.306 e. The van der Waals surface area contributed by atoms with Crippen molar-refractivity contribution in [2.45, 2.75) is 284 Å². The second-order valence-corrected chi connectivity index (χ2v) is 19.2. The molecule has 0 aromatic heterocycles. The van der Waals surface area contributed by atoms with Gasteiger partial charge in [0, 0.05) is 19.3 Å². The van der Waals surface area contributed by atoms with Gasteiger partial charge in [0.1, 0.15) is 13.2 Å². The Kier molecular flexibility index (Phi) is 54.3. The number of carbonyl (C=O) groups excluding carboxylic acids is 3. The van der Waals surface area contributed by atoms with Crippen molar-refractivity contribution < 1.29 is 28.6 Å². The highest BCUT2D eigenvalue weighted by Crippen LogP contribution is 2.16. The van der Waals surface area contributed by atoms with E-state index in [1.807, 2.05) is 0 Å². The third kappa shape index (κ3) is 55.4. The molecule has 69 heavy (non-hydrogen) atoms. The van der Waals surface area contributed by atoms with Gasteiger partial charge in [0.15, 0.2) is 6.10 Å². The maximum atomic E-state index is 12.9. The number of allylic oxidation sites excluding steroid dienone is 14. The second kappa shape index (κ2) is 57.2. The molecule has 0 saturated heterocycles. The van der Waals surface area contributed by atoms with Gasteiger partial charge in [0.2, 0.25) is 0 Å². The van der Waals surface area contributed by atoms with Crippen LogP contribution < -0.4 is 0 Å². The Morgan fingerprint density at radius 2 is 0.609 bits per heavy atom. The molecule has 0 aromatic rings. The summed E-state index contributed by atoms with van der Waals surface area (Å²) < 4.78 is 16.9. The van der Waals surface area contributed by atoms with Gasteiger partial charge in [-0.15, -0.1) is 0 Å². The summed E-state index contributed by atoms with van der Waals surface area (Å²) in [5, 5.41) is 0. The first-order valence-corrected chi connectivity index (χ1v) is 29.1. The fourth-order valence-electron chi connectivity index (χ4n) is 8.05. The first-order chi connectivity index (χ1) is 34.0. The fourth-order valence-corrected chi connectivity index (χ4v) is 8.05. The van der Waals surface area contributed by atoms with Crippen LogP contribution >= 0.6 is 0 Å². The van der Waals surface area contributed by atoms with Crippen LogP contribution in [-0.2, 0) is 28.6 Å². The van der Waals surface area contributed by atoms with Crippen LogP contribution in [0.4, 0.5) is 0 Å². The van der Waals surface area contributed by atoms with Crippen LogP contribution in [0.3, 0.4) is 0 Å². The number of unbranched alkanes of at least 4 members (excludes halogenated alkanes) is 28. The zero-order chi connectivity index (χ0) is 50.0. The molecular formula is C63H108O6. The summed E-state index contributed by atoms with van der Waals surface area (Å²) in [6.07, 6.45) is 74.2. The number of ether oxygens (including phenoxy) is 3. The number of rotatable bonds is 52. The summed E-state index contributed by atoms with van der Waals surface area (Å²) in [4.78, 5) is 38.2. The van der Waals surface area contributed by atoms with Crippen molar-refractivity contribution in [3.63, 3.8) is 0 Å².